The Balaban J connectivity index is 3.03. The van der Waals surface area contributed by atoms with E-state index in [-0.39, 0.29) is 5.82 Å². The molecule has 0 radical (unpaired) electrons. The standard InChI is InChI=1S/C6H7F2N3O2/c1-11-5(6(12)13-2)9-4(10-11)3(7)8/h3H,1-2H3. The van der Waals surface area contributed by atoms with E-state index >= 15 is 0 Å². The zero-order valence-electron chi connectivity index (χ0n) is 6.99. The van der Waals surface area contributed by atoms with E-state index in [9.17, 15) is 13.6 Å². The van der Waals surface area contributed by atoms with Gasteiger partial charge in [-0.3, -0.25) is 0 Å². The van der Waals surface area contributed by atoms with E-state index in [0.717, 1.165) is 11.8 Å². The normalized spacial score (nSPS) is 10.5. The van der Waals surface area contributed by atoms with Gasteiger partial charge in [-0.1, -0.05) is 0 Å². The number of aryl methyl sites for hydroxylation is 1. The van der Waals surface area contributed by atoms with Gasteiger partial charge in [-0.05, 0) is 0 Å². The molecule has 0 aliphatic carbocycles. The van der Waals surface area contributed by atoms with E-state index < -0.39 is 18.2 Å². The van der Waals surface area contributed by atoms with Crippen LogP contribution in [0.4, 0.5) is 8.78 Å². The minimum atomic E-state index is -2.79. The predicted octanol–water partition coefficient (Wildman–Crippen LogP) is 0.539. The van der Waals surface area contributed by atoms with Crippen molar-refractivity contribution >= 4 is 5.97 Å². The average molecular weight is 191 g/mol. The number of nitrogens with zero attached hydrogens (tertiary/aromatic N) is 3. The van der Waals surface area contributed by atoms with Gasteiger partial charge in [-0.15, -0.1) is 5.10 Å². The number of methoxy groups -OCH3 is 1. The molecular formula is C6H7F2N3O2. The van der Waals surface area contributed by atoms with Crippen molar-refractivity contribution in [2.45, 2.75) is 6.43 Å². The molecule has 0 atom stereocenters. The molecule has 13 heavy (non-hydrogen) atoms. The number of hydrogen-bond donors (Lipinski definition) is 0. The molecule has 1 rings (SSSR count). The first-order chi connectivity index (χ1) is 6.06. The van der Waals surface area contributed by atoms with Gasteiger partial charge in [0.15, 0.2) is 0 Å². The molecule has 0 spiro atoms. The van der Waals surface area contributed by atoms with E-state index in [1.807, 2.05) is 0 Å². The Bertz CT molecular complexity index is 324. The summed E-state index contributed by atoms with van der Waals surface area (Å²) in [5.41, 5.74) is 0. The summed E-state index contributed by atoms with van der Waals surface area (Å²) in [6, 6.07) is 0. The second kappa shape index (κ2) is 3.46. The Kier molecular flexibility index (Phi) is 2.54. The summed E-state index contributed by atoms with van der Waals surface area (Å²) in [6.45, 7) is 0. The Morgan fingerprint density at radius 3 is 2.62 bits per heavy atom. The van der Waals surface area contributed by atoms with Gasteiger partial charge >= 0.3 is 5.97 Å². The fraction of sp³-hybridized carbons (Fsp3) is 0.500. The van der Waals surface area contributed by atoms with Crippen LogP contribution in [0.15, 0.2) is 0 Å². The number of carbonyl (C=O) groups is 1. The summed E-state index contributed by atoms with van der Waals surface area (Å²) in [4.78, 5) is 14.2. The monoisotopic (exact) mass is 191 g/mol. The molecule has 1 heterocycles. The molecule has 5 nitrogen and oxygen atoms in total. The molecule has 72 valence electrons. The number of rotatable bonds is 2. The lowest BCUT2D eigenvalue weighted by atomic mass is 10.6. The highest BCUT2D eigenvalue weighted by molar-refractivity contribution is 5.85. The van der Waals surface area contributed by atoms with Crippen LogP contribution in [0.2, 0.25) is 0 Å². The van der Waals surface area contributed by atoms with Crippen LogP contribution in [0.1, 0.15) is 22.9 Å². The smallest absolute Gasteiger partial charge is 0.375 e. The Morgan fingerprint density at radius 1 is 1.62 bits per heavy atom. The van der Waals surface area contributed by atoms with Crippen molar-refractivity contribution in [2.75, 3.05) is 7.11 Å². The number of aromatic nitrogens is 3. The van der Waals surface area contributed by atoms with Crippen LogP contribution < -0.4 is 0 Å². The largest absolute Gasteiger partial charge is 0.463 e. The van der Waals surface area contributed by atoms with Crippen molar-refractivity contribution in [2.24, 2.45) is 7.05 Å². The van der Waals surface area contributed by atoms with Crippen molar-refractivity contribution in [1.29, 1.82) is 0 Å². The van der Waals surface area contributed by atoms with Gasteiger partial charge in [0.25, 0.3) is 6.43 Å². The second-order valence-electron chi connectivity index (χ2n) is 2.21. The lowest BCUT2D eigenvalue weighted by molar-refractivity contribution is 0.0581. The zero-order chi connectivity index (χ0) is 10.0. The first-order valence-electron chi connectivity index (χ1n) is 3.33. The van der Waals surface area contributed by atoms with Gasteiger partial charge in [0.2, 0.25) is 11.6 Å². The quantitative estimate of drug-likeness (QED) is 0.640. The summed E-state index contributed by atoms with van der Waals surface area (Å²) in [5.74, 6) is -1.71. The van der Waals surface area contributed by atoms with Crippen LogP contribution in [0.25, 0.3) is 0 Å². The van der Waals surface area contributed by atoms with Crippen molar-refractivity contribution < 1.29 is 18.3 Å². The minimum Gasteiger partial charge on any atom is -0.463 e. The number of alkyl halides is 2. The van der Waals surface area contributed by atoms with E-state index in [2.05, 4.69) is 14.8 Å². The van der Waals surface area contributed by atoms with Crippen molar-refractivity contribution in [3.05, 3.63) is 11.6 Å². The number of esters is 1. The molecule has 0 unspecified atom stereocenters. The summed E-state index contributed by atoms with van der Waals surface area (Å²) >= 11 is 0. The van der Waals surface area contributed by atoms with Gasteiger partial charge in [-0.2, -0.15) is 4.98 Å². The highest BCUT2D eigenvalue weighted by atomic mass is 19.3. The maximum absolute atomic E-state index is 12.0. The molecule has 0 aliphatic rings. The van der Waals surface area contributed by atoms with Crippen molar-refractivity contribution in [3.8, 4) is 0 Å². The van der Waals surface area contributed by atoms with Gasteiger partial charge in [0.1, 0.15) is 0 Å². The summed E-state index contributed by atoms with van der Waals surface area (Å²) in [6.07, 6.45) is -2.79. The number of hydrogen-bond acceptors (Lipinski definition) is 4. The van der Waals surface area contributed by atoms with Gasteiger partial charge < -0.3 is 4.74 Å². The van der Waals surface area contributed by atoms with E-state index in [1.54, 1.807) is 0 Å². The van der Waals surface area contributed by atoms with E-state index in [1.165, 1.54) is 7.05 Å². The highest BCUT2D eigenvalue weighted by Crippen LogP contribution is 2.14. The van der Waals surface area contributed by atoms with E-state index in [4.69, 9.17) is 0 Å². The molecule has 7 heteroatoms. The lowest BCUT2D eigenvalue weighted by Crippen LogP contribution is -2.09. The zero-order valence-corrected chi connectivity index (χ0v) is 6.99. The maximum Gasteiger partial charge on any atom is 0.375 e. The van der Waals surface area contributed by atoms with Gasteiger partial charge in [0, 0.05) is 7.05 Å². The van der Waals surface area contributed by atoms with Crippen LogP contribution in [-0.4, -0.2) is 27.8 Å². The molecule has 0 saturated carbocycles. The Hall–Kier alpha value is -1.53. The third-order valence-corrected chi connectivity index (χ3v) is 1.34. The molecule has 0 aliphatic heterocycles. The number of ether oxygens (including phenoxy) is 1. The maximum atomic E-state index is 12.0. The predicted molar refractivity (Wildman–Crippen MR) is 37.3 cm³/mol. The van der Waals surface area contributed by atoms with Crippen LogP contribution in [0, 0.1) is 0 Å². The van der Waals surface area contributed by atoms with Crippen LogP contribution in [0.3, 0.4) is 0 Å². The number of carbonyl (C=O) groups excluding carboxylic acids is 1. The fourth-order valence-corrected chi connectivity index (χ4v) is 0.766. The third kappa shape index (κ3) is 1.79. The molecular weight excluding hydrogens is 184 g/mol. The fourth-order valence-electron chi connectivity index (χ4n) is 0.766. The molecule has 0 fully saturated rings. The topological polar surface area (TPSA) is 57.0 Å². The first-order valence-corrected chi connectivity index (χ1v) is 3.33. The van der Waals surface area contributed by atoms with Gasteiger partial charge in [0.05, 0.1) is 7.11 Å². The summed E-state index contributed by atoms with van der Waals surface area (Å²) in [5, 5.41) is 3.33. The molecule has 0 N–H and O–H groups in total. The summed E-state index contributed by atoms with van der Waals surface area (Å²) < 4.78 is 29.3. The Labute approximate surface area is 72.3 Å². The molecule has 1 aromatic heterocycles. The van der Waals surface area contributed by atoms with Crippen LogP contribution in [-0.2, 0) is 11.8 Å². The second-order valence-corrected chi connectivity index (χ2v) is 2.21. The third-order valence-electron chi connectivity index (χ3n) is 1.34. The SMILES string of the molecule is COC(=O)c1nc(C(F)F)nn1C. The highest BCUT2D eigenvalue weighted by Gasteiger charge is 2.20. The molecule has 0 bridgehead atoms. The van der Waals surface area contributed by atoms with Crippen LogP contribution >= 0.6 is 0 Å². The lowest BCUT2D eigenvalue weighted by Gasteiger charge is -1.94. The Morgan fingerprint density at radius 2 is 2.23 bits per heavy atom. The van der Waals surface area contributed by atoms with Crippen molar-refractivity contribution in [1.82, 2.24) is 14.8 Å². The summed E-state index contributed by atoms with van der Waals surface area (Å²) in [7, 11) is 2.48. The first kappa shape index (κ1) is 9.56. The molecule has 0 amide bonds. The van der Waals surface area contributed by atoms with Gasteiger partial charge in [-0.25, -0.2) is 18.3 Å². The van der Waals surface area contributed by atoms with Crippen LogP contribution in [0.5, 0.6) is 0 Å². The molecule has 1 aromatic rings. The van der Waals surface area contributed by atoms with Crippen molar-refractivity contribution in [3.63, 3.8) is 0 Å². The average Bonchev–Trinajstić information content (AvgIpc) is 2.46. The molecule has 0 saturated heterocycles. The number of halogens is 2. The van der Waals surface area contributed by atoms with E-state index in [0.29, 0.717) is 0 Å². The molecule has 0 aromatic carbocycles. The minimum absolute atomic E-state index is 0.238.